The maximum absolute atomic E-state index is 11.3. The molecule has 0 saturated carbocycles. The average molecular weight is 226 g/mol. The Morgan fingerprint density at radius 1 is 1.19 bits per heavy atom. The number of hydrogen-bond acceptors (Lipinski definition) is 2. The summed E-state index contributed by atoms with van der Waals surface area (Å²) < 4.78 is 5.05. The largest absolute Gasteiger partial charge is 0.460 e. The number of hydrogen-bond donors (Lipinski definition) is 0. The molecule has 0 aliphatic heterocycles. The van der Waals surface area contributed by atoms with Gasteiger partial charge in [-0.3, -0.25) is 0 Å². The van der Waals surface area contributed by atoms with Crippen LogP contribution in [-0.2, 0) is 9.53 Å². The Morgan fingerprint density at radius 2 is 1.81 bits per heavy atom. The lowest BCUT2D eigenvalue weighted by Gasteiger charge is -2.06. The highest BCUT2D eigenvalue weighted by atomic mass is 16.5. The van der Waals surface area contributed by atoms with Gasteiger partial charge >= 0.3 is 5.97 Å². The minimum absolute atomic E-state index is 0.0268. The first-order chi connectivity index (χ1) is 7.56. The third-order valence-corrected chi connectivity index (χ3v) is 2.39. The van der Waals surface area contributed by atoms with Crippen LogP contribution in [0.3, 0.4) is 0 Å². The predicted molar refractivity (Wildman–Crippen MR) is 68.4 cm³/mol. The van der Waals surface area contributed by atoms with Crippen molar-refractivity contribution >= 4 is 5.97 Å². The number of carbonyl (C=O) groups is 1. The predicted octanol–water partition coefficient (Wildman–Crippen LogP) is 4.24. The normalized spacial score (nSPS) is 11.9. The maximum Gasteiger partial charge on any atom is 0.330 e. The minimum atomic E-state index is -0.207. The third kappa shape index (κ3) is 9.75. The molecular formula is C14H26O2. The van der Waals surface area contributed by atoms with Crippen LogP contribution in [0.15, 0.2) is 11.6 Å². The van der Waals surface area contributed by atoms with Crippen LogP contribution in [0.2, 0.25) is 0 Å². The molecule has 94 valence electrons. The number of rotatable bonds is 8. The van der Waals surface area contributed by atoms with Crippen molar-refractivity contribution in [1.29, 1.82) is 0 Å². The second-order valence-electron chi connectivity index (χ2n) is 4.64. The summed E-state index contributed by atoms with van der Waals surface area (Å²) in [4.78, 5) is 11.3. The molecular weight excluding hydrogens is 200 g/mol. The van der Waals surface area contributed by atoms with E-state index in [1.54, 1.807) is 6.08 Å². The molecule has 0 aromatic heterocycles. The molecule has 0 bridgehead atoms. The molecule has 0 aliphatic rings. The molecule has 0 aromatic rings. The van der Waals surface area contributed by atoms with Gasteiger partial charge in [0, 0.05) is 6.08 Å². The molecule has 0 radical (unpaired) electrons. The van der Waals surface area contributed by atoms with Crippen LogP contribution in [0.25, 0.3) is 0 Å². The highest BCUT2D eigenvalue weighted by Crippen LogP contribution is 2.10. The number of carbonyl (C=O) groups excluding carboxylic acids is 1. The van der Waals surface area contributed by atoms with Crippen LogP contribution in [-0.4, -0.2) is 12.1 Å². The van der Waals surface area contributed by atoms with Crippen molar-refractivity contribution in [3.05, 3.63) is 11.6 Å². The molecule has 0 N–H and O–H groups in total. The van der Waals surface area contributed by atoms with Crippen LogP contribution in [0, 0.1) is 0 Å². The molecule has 0 spiro atoms. The van der Waals surface area contributed by atoms with Crippen LogP contribution in [0.4, 0.5) is 0 Å². The van der Waals surface area contributed by atoms with Crippen molar-refractivity contribution in [3.8, 4) is 0 Å². The lowest BCUT2D eigenvalue weighted by atomic mass is 10.1. The van der Waals surface area contributed by atoms with Gasteiger partial charge in [-0.2, -0.15) is 0 Å². The first kappa shape index (κ1) is 15.2. The fourth-order valence-electron chi connectivity index (χ4n) is 1.55. The van der Waals surface area contributed by atoms with Gasteiger partial charge in [-0.25, -0.2) is 4.79 Å². The van der Waals surface area contributed by atoms with Gasteiger partial charge in [0.25, 0.3) is 0 Å². The second-order valence-corrected chi connectivity index (χ2v) is 4.64. The van der Waals surface area contributed by atoms with Gasteiger partial charge in [0.1, 0.15) is 0 Å². The Morgan fingerprint density at radius 3 is 2.38 bits per heavy atom. The SMILES string of the molecule is CCCCCCC/C(C)=C\C(=O)OC(C)C. The van der Waals surface area contributed by atoms with Crippen molar-refractivity contribution in [1.82, 2.24) is 0 Å². The van der Waals surface area contributed by atoms with E-state index in [0.29, 0.717) is 0 Å². The van der Waals surface area contributed by atoms with E-state index >= 15 is 0 Å². The fraction of sp³-hybridized carbons (Fsp3) is 0.786. The standard InChI is InChI=1S/C14H26O2/c1-5-6-7-8-9-10-13(4)11-14(15)16-12(2)3/h11-12H,5-10H2,1-4H3/b13-11-. The lowest BCUT2D eigenvalue weighted by Crippen LogP contribution is -2.08. The number of ether oxygens (including phenoxy) is 1. The summed E-state index contributed by atoms with van der Waals surface area (Å²) in [5.41, 5.74) is 1.13. The number of unbranched alkanes of at least 4 members (excludes halogenated alkanes) is 4. The van der Waals surface area contributed by atoms with Gasteiger partial charge in [0.2, 0.25) is 0 Å². The summed E-state index contributed by atoms with van der Waals surface area (Å²) in [6.45, 7) is 7.95. The highest BCUT2D eigenvalue weighted by molar-refractivity contribution is 5.82. The van der Waals surface area contributed by atoms with Crippen LogP contribution in [0.5, 0.6) is 0 Å². The van der Waals surface area contributed by atoms with Crippen LogP contribution in [0.1, 0.15) is 66.2 Å². The van der Waals surface area contributed by atoms with Gasteiger partial charge in [0.05, 0.1) is 6.10 Å². The molecule has 2 heteroatoms. The summed E-state index contributed by atoms with van der Waals surface area (Å²) in [7, 11) is 0. The fourth-order valence-corrected chi connectivity index (χ4v) is 1.55. The smallest absolute Gasteiger partial charge is 0.330 e. The van der Waals surface area contributed by atoms with Gasteiger partial charge in [-0.15, -0.1) is 0 Å². The Labute approximate surface area is 100 Å². The van der Waals surface area contributed by atoms with Gasteiger partial charge in [-0.1, -0.05) is 38.2 Å². The minimum Gasteiger partial charge on any atom is -0.460 e. The summed E-state index contributed by atoms with van der Waals surface area (Å²) in [6, 6.07) is 0. The van der Waals surface area contributed by atoms with E-state index < -0.39 is 0 Å². The lowest BCUT2D eigenvalue weighted by molar-refractivity contribution is -0.141. The Kier molecular flexibility index (Phi) is 8.97. The maximum atomic E-state index is 11.3. The molecule has 0 aromatic carbocycles. The Hall–Kier alpha value is -0.790. The van der Waals surface area contributed by atoms with E-state index in [4.69, 9.17) is 4.74 Å². The monoisotopic (exact) mass is 226 g/mol. The zero-order valence-corrected chi connectivity index (χ0v) is 11.2. The zero-order valence-electron chi connectivity index (χ0n) is 11.2. The van der Waals surface area contributed by atoms with Crippen LogP contribution < -0.4 is 0 Å². The second kappa shape index (κ2) is 9.44. The van der Waals surface area contributed by atoms with Crippen molar-refractivity contribution < 1.29 is 9.53 Å². The average Bonchev–Trinajstić information content (AvgIpc) is 2.15. The third-order valence-electron chi connectivity index (χ3n) is 2.39. The number of esters is 1. The van der Waals surface area contributed by atoms with Crippen molar-refractivity contribution in [3.63, 3.8) is 0 Å². The molecule has 0 heterocycles. The van der Waals surface area contributed by atoms with Crippen molar-refractivity contribution in [2.45, 2.75) is 72.3 Å². The van der Waals surface area contributed by atoms with Gasteiger partial charge in [-0.05, 0) is 33.6 Å². The summed E-state index contributed by atoms with van der Waals surface area (Å²) >= 11 is 0. The van der Waals surface area contributed by atoms with E-state index in [1.165, 1.54) is 32.1 Å². The molecule has 0 unspecified atom stereocenters. The quantitative estimate of drug-likeness (QED) is 0.351. The van der Waals surface area contributed by atoms with E-state index in [0.717, 1.165) is 12.0 Å². The Balaban J connectivity index is 3.66. The zero-order chi connectivity index (χ0) is 12.4. The summed E-state index contributed by atoms with van der Waals surface area (Å²) in [5, 5.41) is 0. The molecule has 2 nitrogen and oxygen atoms in total. The van der Waals surface area contributed by atoms with Crippen molar-refractivity contribution in [2.75, 3.05) is 0 Å². The van der Waals surface area contributed by atoms with Gasteiger partial charge < -0.3 is 4.74 Å². The summed E-state index contributed by atoms with van der Waals surface area (Å²) in [5.74, 6) is -0.207. The molecule has 0 fully saturated rings. The highest BCUT2D eigenvalue weighted by Gasteiger charge is 2.02. The Bertz CT molecular complexity index is 217. The first-order valence-electron chi connectivity index (χ1n) is 6.44. The molecule has 0 atom stereocenters. The van der Waals surface area contributed by atoms with E-state index in [1.807, 2.05) is 20.8 Å². The van der Waals surface area contributed by atoms with E-state index in [9.17, 15) is 4.79 Å². The topological polar surface area (TPSA) is 26.3 Å². The molecule has 0 rings (SSSR count). The molecule has 0 aliphatic carbocycles. The molecule has 16 heavy (non-hydrogen) atoms. The van der Waals surface area contributed by atoms with Crippen molar-refractivity contribution in [2.24, 2.45) is 0 Å². The van der Waals surface area contributed by atoms with E-state index in [-0.39, 0.29) is 12.1 Å². The first-order valence-corrected chi connectivity index (χ1v) is 6.44. The number of allylic oxidation sites excluding steroid dienone is 1. The summed E-state index contributed by atoms with van der Waals surface area (Å²) in [6.07, 6.45) is 8.95. The molecule has 0 saturated heterocycles. The molecule has 0 amide bonds. The van der Waals surface area contributed by atoms with Crippen LogP contribution >= 0.6 is 0 Å². The van der Waals surface area contributed by atoms with E-state index in [2.05, 4.69) is 6.92 Å². The van der Waals surface area contributed by atoms with Gasteiger partial charge in [0.15, 0.2) is 0 Å².